The first-order valence-electron chi connectivity index (χ1n) is 41.7. The maximum Gasteiger partial charge on any atom is 0.472 e. The van der Waals surface area contributed by atoms with Crippen LogP contribution >= 0.6 is 15.6 Å². The second-order valence-electron chi connectivity index (χ2n) is 27.1. The molecule has 0 saturated heterocycles. The third-order valence-corrected chi connectivity index (χ3v) is 18.7. The minimum absolute atomic E-state index is 0.0675. The summed E-state index contributed by atoms with van der Waals surface area (Å²) < 4.78 is 61.2. The molecule has 0 aliphatic rings. The zero-order valence-corrected chi connectivity index (χ0v) is 69.4. The monoisotopic (exact) mass is 1560 g/mol. The molecule has 0 fully saturated rings. The maximum absolute atomic E-state index is 13.0. The van der Waals surface area contributed by atoms with Crippen LogP contribution in [0.25, 0.3) is 0 Å². The molecule has 4 N–H and O–H groups in total. The predicted molar refractivity (Wildman–Crippen MR) is 454 cm³/mol. The summed E-state index contributed by atoms with van der Waals surface area (Å²) in [6, 6.07) is 0. The summed E-state index contributed by atoms with van der Waals surface area (Å²) in [5.74, 6) is -1.63. The van der Waals surface area contributed by atoms with E-state index >= 15 is 0 Å². The summed E-state index contributed by atoms with van der Waals surface area (Å²) in [7, 11) is -9.82. The molecule has 109 heavy (non-hydrogen) atoms. The highest BCUT2D eigenvalue weighted by Gasteiger charge is 2.29. The second kappa shape index (κ2) is 81.9. The van der Waals surface area contributed by atoms with E-state index in [2.05, 4.69) is 215 Å². The van der Waals surface area contributed by atoms with Gasteiger partial charge in [0.05, 0.1) is 26.4 Å². The number of carbonyl (C=O) groups excluding carboxylic acids is 3. The van der Waals surface area contributed by atoms with Gasteiger partial charge in [-0.15, -0.1) is 0 Å². The third-order valence-electron chi connectivity index (χ3n) is 16.8. The van der Waals surface area contributed by atoms with Crippen molar-refractivity contribution in [2.75, 3.05) is 39.6 Å². The molecule has 0 saturated carbocycles. The van der Waals surface area contributed by atoms with Crippen LogP contribution in [0.1, 0.15) is 303 Å². The van der Waals surface area contributed by atoms with Crippen molar-refractivity contribution < 1.29 is 75.8 Å². The van der Waals surface area contributed by atoms with E-state index in [0.29, 0.717) is 19.3 Å². The van der Waals surface area contributed by atoms with E-state index in [4.69, 9.17) is 32.3 Å². The molecule has 0 heterocycles. The number of aliphatic hydroxyl groups is 2. The number of hydrogen-bond acceptors (Lipinski definition) is 14. The molecular weight excluding hydrogens is 1410 g/mol. The number of rotatable bonds is 77. The summed E-state index contributed by atoms with van der Waals surface area (Å²) in [5, 5.41) is 20.7. The van der Waals surface area contributed by atoms with Crippen molar-refractivity contribution in [2.45, 2.75) is 322 Å². The quantitative estimate of drug-likeness (QED) is 0.0146. The summed E-state index contributed by atoms with van der Waals surface area (Å²) in [6.45, 7) is 2.29. The summed E-state index contributed by atoms with van der Waals surface area (Å²) in [5.41, 5.74) is 0. The topological polar surface area (TPSA) is 231 Å². The van der Waals surface area contributed by atoms with Crippen molar-refractivity contribution in [3.8, 4) is 0 Å². The van der Waals surface area contributed by atoms with Crippen LogP contribution in [-0.4, -0.2) is 95.9 Å². The molecule has 18 heteroatoms. The maximum atomic E-state index is 13.0. The van der Waals surface area contributed by atoms with Crippen molar-refractivity contribution in [1.29, 1.82) is 0 Å². The van der Waals surface area contributed by atoms with E-state index in [1.165, 1.54) is 38.5 Å². The van der Waals surface area contributed by atoms with Crippen LogP contribution in [0, 0.1) is 0 Å². The normalized spacial score (nSPS) is 14.9. The number of phosphoric acid groups is 2. The first-order chi connectivity index (χ1) is 53.2. The van der Waals surface area contributed by atoms with E-state index < -0.39 is 91.5 Å². The summed E-state index contributed by atoms with van der Waals surface area (Å²) >= 11 is 0. The molecule has 0 aliphatic heterocycles. The Kier molecular flexibility index (Phi) is 77.7. The van der Waals surface area contributed by atoms with Gasteiger partial charge in [-0.2, -0.15) is 0 Å². The highest BCUT2D eigenvalue weighted by molar-refractivity contribution is 7.47. The van der Waals surface area contributed by atoms with Gasteiger partial charge in [0, 0.05) is 19.3 Å². The Morgan fingerprint density at radius 3 is 0.725 bits per heavy atom. The molecule has 5 atom stereocenters. The summed E-state index contributed by atoms with van der Waals surface area (Å²) in [4.78, 5) is 58.8. The average Bonchev–Trinajstić information content (AvgIpc) is 0.902. The molecule has 0 aromatic carbocycles. The number of esters is 3. The Balaban J connectivity index is 4.63. The van der Waals surface area contributed by atoms with Crippen LogP contribution in [-0.2, 0) is 55.8 Å². The number of allylic oxidation sites excluding steroid dienone is 32. The molecule has 0 bridgehead atoms. The molecule has 16 nitrogen and oxygen atoms in total. The van der Waals surface area contributed by atoms with Gasteiger partial charge in [0.25, 0.3) is 0 Å². The first-order valence-corrected chi connectivity index (χ1v) is 44.7. The van der Waals surface area contributed by atoms with Crippen molar-refractivity contribution in [3.05, 3.63) is 194 Å². The Bertz CT molecular complexity index is 2760. The Morgan fingerprint density at radius 1 is 0.257 bits per heavy atom. The molecular formula is C91H148O16P2. The standard InChI is InChI=1S/C91H148O16P2/c1-4-7-10-13-16-19-22-25-28-31-33-35-37-39-41-42-44-46-47-49-51-54-56-59-62-65-68-71-74-77-89(94)101-80-86(92)81-103-108(97,98)104-82-87(93)83-105-109(99,100)106-85-88(107-91(96)79-76-73-70-67-64-61-58-53-30-27-24-21-18-15-12-9-6-3)84-102-90(95)78-75-72-69-66-63-60-57-55-52-50-48-45-43-40-38-36-34-32-29-26-23-20-17-14-11-8-5-2/h7-12,16-21,25-30,33-36,39-41,43-44,46,48,50,58,61,86-88,92-93H,4-6,13-15,22-24,31-32,37-38,42,45,47,49,51-57,59-60,62-85H2,1-3H3,(H,97,98)(H,99,100)/b10-7-,11-8-,12-9-,19-16-,20-17-,21-18-,28-25-,29-26-,30-27-,35-33-,36-34-,41-39-,43-40-,46-44-,50-48-,61-58-. The molecule has 0 radical (unpaired) electrons. The SMILES string of the molecule is CC/C=C\C/C=C\C/C=C\C/C=C\C/C=C\C/C=C\CCCCCCCCCCCCC(=O)OCC(O)COP(=O)(O)OCC(O)COP(=O)(O)OCC(COC(=O)CCCCCCCCCC/C=C\C/C=C\C/C=C\C/C=C\C/C=C\C/C=C\CC)OC(=O)CCCCCC/C=C\C/C=C\C/C=C\C/C=C\CC. The van der Waals surface area contributed by atoms with E-state index in [9.17, 15) is 43.5 Å². The molecule has 618 valence electrons. The first kappa shape index (κ1) is 103. The second-order valence-corrected chi connectivity index (χ2v) is 30.0. The van der Waals surface area contributed by atoms with E-state index in [1.807, 2.05) is 0 Å². The average molecular weight is 1560 g/mol. The summed E-state index contributed by atoms with van der Waals surface area (Å²) in [6.07, 6.45) is 108. The molecule has 0 aromatic heterocycles. The zero-order chi connectivity index (χ0) is 79.4. The lowest BCUT2D eigenvalue weighted by molar-refractivity contribution is -0.161. The third kappa shape index (κ3) is 83.2. The molecule has 0 spiro atoms. The van der Waals surface area contributed by atoms with Crippen LogP contribution in [0.4, 0.5) is 0 Å². The van der Waals surface area contributed by atoms with Crippen LogP contribution < -0.4 is 0 Å². The van der Waals surface area contributed by atoms with Gasteiger partial charge in [-0.05, 0) is 161 Å². The van der Waals surface area contributed by atoms with Gasteiger partial charge in [0.15, 0.2) is 6.10 Å². The molecule has 0 rings (SSSR count). The Labute approximate surface area is 661 Å². The van der Waals surface area contributed by atoms with Gasteiger partial charge in [-0.3, -0.25) is 32.5 Å². The lowest BCUT2D eigenvalue weighted by atomic mass is 10.1. The lowest BCUT2D eigenvalue weighted by Crippen LogP contribution is -2.30. The van der Waals surface area contributed by atoms with E-state index in [-0.39, 0.29) is 19.3 Å². The van der Waals surface area contributed by atoms with Crippen molar-refractivity contribution in [1.82, 2.24) is 0 Å². The number of unbranched alkanes of at least 4 members (excludes halogenated alkanes) is 22. The zero-order valence-electron chi connectivity index (χ0n) is 67.6. The number of hydrogen-bond donors (Lipinski definition) is 4. The number of phosphoric ester groups is 2. The molecule has 0 aromatic rings. The van der Waals surface area contributed by atoms with Crippen molar-refractivity contribution >= 4 is 33.6 Å². The van der Waals surface area contributed by atoms with Gasteiger partial charge >= 0.3 is 33.6 Å². The molecule has 5 unspecified atom stereocenters. The number of aliphatic hydroxyl groups excluding tert-OH is 2. The lowest BCUT2D eigenvalue weighted by Gasteiger charge is -2.21. The van der Waals surface area contributed by atoms with Gasteiger partial charge in [-0.25, -0.2) is 9.13 Å². The minimum atomic E-state index is -4.95. The largest absolute Gasteiger partial charge is 0.472 e. The fourth-order valence-corrected chi connectivity index (χ4v) is 12.2. The van der Waals surface area contributed by atoms with Crippen LogP contribution in [0.15, 0.2) is 194 Å². The fraction of sp³-hybridized carbons (Fsp3) is 0.615. The van der Waals surface area contributed by atoms with E-state index in [1.54, 1.807) is 0 Å². The fourth-order valence-electron chi connectivity index (χ4n) is 10.6. The molecule has 0 amide bonds. The van der Waals surface area contributed by atoms with Crippen molar-refractivity contribution in [2.24, 2.45) is 0 Å². The Morgan fingerprint density at radius 2 is 0.459 bits per heavy atom. The van der Waals surface area contributed by atoms with Crippen LogP contribution in [0.5, 0.6) is 0 Å². The van der Waals surface area contributed by atoms with E-state index in [0.717, 1.165) is 205 Å². The number of ether oxygens (including phenoxy) is 3. The Hall–Kier alpha value is -5.61. The van der Waals surface area contributed by atoms with Crippen molar-refractivity contribution in [3.63, 3.8) is 0 Å². The number of carbonyl (C=O) groups is 3. The smallest absolute Gasteiger partial charge is 0.463 e. The molecule has 0 aliphatic carbocycles. The van der Waals surface area contributed by atoms with Crippen LogP contribution in [0.3, 0.4) is 0 Å². The van der Waals surface area contributed by atoms with Gasteiger partial charge < -0.3 is 34.2 Å². The van der Waals surface area contributed by atoms with Gasteiger partial charge in [0.1, 0.15) is 25.4 Å². The van der Waals surface area contributed by atoms with Crippen LogP contribution in [0.2, 0.25) is 0 Å². The highest BCUT2D eigenvalue weighted by atomic mass is 31.2. The van der Waals surface area contributed by atoms with Gasteiger partial charge in [0.2, 0.25) is 0 Å². The highest BCUT2D eigenvalue weighted by Crippen LogP contribution is 2.45. The minimum Gasteiger partial charge on any atom is -0.463 e. The predicted octanol–water partition coefficient (Wildman–Crippen LogP) is 25.1. The van der Waals surface area contributed by atoms with Gasteiger partial charge in [-0.1, -0.05) is 318 Å².